The van der Waals surface area contributed by atoms with Gasteiger partial charge in [0.15, 0.2) is 6.29 Å². The molecule has 0 N–H and O–H groups in total. The molecule has 1 unspecified atom stereocenters. The molecule has 2 fully saturated rings. The Morgan fingerprint density at radius 1 is 1.26 bits per heavy atom. The molecule has 1 aromatic carbocycles. The van der Waals surface area contributed by atoms with Gasteiger partial charge in [0.1, 0.15) is 6.61 Å². The zero-order valence-corrected chi connectivity index (χ0v) is 13.2. The number of ether oxygens (including phenoxy) is 3. The Balaban J connectivity index is 1.47. The van der Waals surface area contributed by atoms with Crippen molar-refractivity contribution in [1.29, 1.82) is 0 Å². The van der Waals surface area contributed by atoms with Crippen molar-refractivity contribution < 1.29 is 19.0 Å². The first-order valence-electron chi connectivity index (χ1n) is 8.20. The van der Waals surface area contributed by atoms with E-state index in [0.717, 1.165) is 31.4 Å². The lowest BCUT2D eigenvalue weighted by Gasteiger charge is -2.21. The van der Waals surface area contributed by atoms with Gasteiger partial charge < -0.3 is 19.1 Å². The molecule has 0 spiro atoms. The molecule has 2 heterocycles. The van der Waals surface area contributed by atoms with E-state index in [0.29, 0.717) is 19.8 Å². The minimum absolute atomic E-state index is 0.111. The molecule has 0 bridgehead atoms. The molecular formula is C18H23NO4. The van der Waals surface area contributed by atoms with Gasteiger partial charge in [0, 0.05) is 13.0 Å². The van der Waals surface area contributed by atoms with Crippen LogP contribution in [0.5, 0.6) is 0 Å². The highest BCUT2D eigenvalue weighted by atomic mass is 16.7. The number of hydrogen-bond donors (Lipinski definition) is 0. The minimum Gasteiger partial charge on any atom is -0.445 e. The number of carbonyl (C=O) groups excluding carboxylic acids is 1. The fourth-order valence-corrected chi connectivity index (χ4v) is 2.91. The number of rotatable bonds is 5. The fourth-order valence-electron chi connectivity index (χ4n) is 2.91. The third kappa shape index (κ3) is 4.56. The molecule has 2 saturated heterocycles. The summed E-state index contributed by atoms with van der Waals surface area (Å²) in [4.78, 5) is 14.1. The molecule has 0 aliphatic carbocycles. The minimum atomic E-state index is -0.241. The van der Waals surface area contributed by atoms with Gasteiger partial charge in [-0.3, -0.25) is 0 Å². The Labute approximate surface area is 136 Å². The van der Waals surface area contributed by atoms with Crippen LogP contribution in [0, 0.1) is 0 Å². The summed E-state index contributed by atoms with van der Waals surface area (Å²) in [5, 5.41) is 0. The standard InChI is InChI=1S/C18H23NO4/c20-18(23-14-15-6-2-1-3-7-15)19-11-5-9-16(19)8-4-10-17-21-12-13-22-17/h1-4,6-8,16-17H,5,9-14H2/b8-4+. The Kier molecular flexibility index (Phi) is 5.66. The molecule has 2 aliphatic rings. The van der Waals surface area contributed by atoms with Crippen LogP contribution in [0.15, 0.2) is 42.5 Å². The van der Waals surface area contributed by atoms with E-state index in [1.165, 1.54) is 0 Å². The zero-order chi connectivity index (χ0) is 15.9. The summed E-state index contributed by atoms with van der Waals surface area (Å²) in [5.74, 6) is 0. The van der Waals surface area contributed by atoms with Crippen molar-refractivity contribution in [3.05, 3.63) is 48.0 Å². The molecule has 23 heavy (non-hydrogen) atoms. The van der Waals surface area contributed by atoms with Crippen molar-refractivity contribution >= 4 is 6.09 Å². The Bertz CT molecular complexity index is 525. The zero-order valence-electron chi connectivity index (χ0n) is 13.2. The number of hydrogen-bond acceptors (Lipinski definition) is 4. The van der Waals surface area contributed by atoms with Crippen LogP contribution in [0.25, 0.3) is 0 Å². The molecule has 3 rings (SSSR count). The van der Waals surface area contributed by atoms with Crippen LogP contribution in [0.1, 0.15) is 24.8 Å². The summed E-state index contributed by atoms with van der Waals surface area (Å²) in [6, 6.07) is 9.85. The van der Waals surface area contributed by atoms with Crippen molar-refractivity contribution in [2.24, 2.45) is 0 Å². The largest absolute Gasteiger partial charge is 0.445 e. The van der Waals surface area contributed by atoms with Crippen LogP contribution in [0.3, 0.4) is 0 Å². The van der Waals surface area contributed by atoms with Crippen molar-refractivity contribution in [3.63, 3.8) is 0 Å². The van der Waals surface area contributed by atoms with Gasteiger partial charge in [0.25, 0.3) is 0 Å². The highest BCUT2D eigenvalue weighted by Gasteiger charge is 2.28. The maximum atomic E-state index is 12.3. The predicted octanol–water partition coefficient (Wildman–Crippen LogP) is 3.11. The average Bonchev–Trinajstić information content (AvgIpc) is 3.25. The van der Waals surface area contributed by atoms with Crippen LogP contribution in [-0.4, -0.2) is 43.1 Å². The summed E-state index contributed by atoms with van der Waals surface area (Å²) >= 11 is 0. The highest BCUT2D eigenvalue weighted by molar-refractivity contribution is 5.68. The summed E-state index contributed by atoms with van der Waals surface area (Å²) in [6.45, 7) is 2.40. The molecule has 0 aromatic heterocycles. The molecule has 5 heteroatoms. The van der Waals surface area contributed by atoms with E-state index in [-0.39, 0.29) is 18.4 Å². The SMILES string of the molecule is O=C(OCc1ccccc1)N1CCCC1/C=C/CC1OCCO1. The maximum Gasteiger partial charge on any atom is 0.410 e. The molecule has 5 nitrogen and oxygen atoms in total. The van der Waals surface area contributed by atoms with Gasteiger partial charge in [-0.05, 0) is 18.4 Å². The lowest BCUT2D eigenvalue weighted by molar-refractivity contribution is -0.0381. The van der Waals surface area contributed by atoms with Crippen molar-refractivity contribution in [2.75, 3.05) is 19.8 Å². The molecule has 2 aliphatic heterocycles. The first kappa shape index (κ1) is 16.0. The number of carbonyl (C=O) groups is 1. The lowest BCUT2D eigenvalue weighted by Crippen LogP contribution is -2.34. The third-order valence-corrected chi connectivity index (χ3v) is 4.12. The van der Waals surface area contributed by atoms with Crippen LogP contribution < -0.4 is 0 Å². The first-order valence-corrected chi connectivity index (χ1v) is 8.20. The number of benzene rings is 1. The molecule has 124 valence electrons. The van der Waals surface area contributed by atoms with Gasteiger partial charge in [-0.15, -0.1) is 0 Å². The molecule has 0 saturated carbocycles. The van der Waals surface area contributed by atoms with E-state index in [1.807, 2.05) is 36.4 Å². The Morgan fingerprint density at radius 3 is 2.83 bits per heavy atom. The second kappa shape index (κ2) is 8.13. The normalized spacial score (nSPS) is 22.1. The summed E-state index contributed by atoms with van der Waals surface area (Å²) in [5.41, 5.74) is 1.00. The molecular weight excluding hydrogens is 294 g/mol. The van der Waals surface area contributed by atoms with Crippen LogP contribution in [0.2, 0.25) is 0 Å². The summed E-state index contributed by atoms with van der Waals surface area (Å²) in [6.07, 6.45) is 6.45. The molecule has 1 aromatic rings. The number of amides is 1. The average molecular weight is 317 g/mol. The van der Waals surface area contributed by atoms with Crippen molar-refractivity contribution in [2.45, 2.75) is 38.2 Å². The predicted molar refractivity (Wildman–Crippen MR) is 85.8 cm³/mol. The molecule has 1 amide bonds. The second-order valence-electron chi connectivity index (χ2n) is 5.78. The van der Waals surface area contributed by atoms with Crippen LogP contribution in [0.4, 0.5) is 4.79 Å². The maximum absolute atomic E-state index is 12.3. The molecule has 0 radical (unpaired) electrons. The van der Waals surface area contributed by atoms with E-state index in [9.17, 15) is 4.79 Å². The Morgan fingerprint density at radius 2 is 2.04 bits per heavy atom. The smallest absolute Gasteiger partial charge is 0.410 e. The van der Waals surface area contributed by atoms with Crippen molar-refractivity contribution in [3.8, 4) is 0 Å². The number of likely N-dealkylation sites (tertiary alicyclic amines) is 1. The highest BCUT2D eigenvalue weighted by Crippen LogP contribution is 2.20. The summed E-state index contributed by atoms with van der Waals surface area (Å²) < 4.78 is 16.2. The van der Waals surface area contributed by atoms with E-state index in [2.05, 4.69) is 6.08 Å². The fraction of sp³-hybridized carbons (Fsp3) is 0.500. The van der Waals surface area contributed by atoms with E-state index in [4.69, 9.17) is 14.2 Å². The Hall–Kier alpha value is -1.85. The topological polar surface area (TPSA) is 48.0 Å². The van der Waals surface area contributed by atoms with Gasteiger partial charge in [0.2, 0.25) is 0 Å². The third-order valence-electron chi connectivity index (χ3n) is 4.12. The van der Waals surface area contributed by atoms with Gasteiger partial charge in [0.05, 0.1) is 19.3 Å². The van der Waals surface area contributed by atoms with Crippen molar-refractivity contribution in [1.82, 2.24) is 4.90 Å². The van der Waals surface area contributed by atoms with Crippen LogP contribution in [-0.2, 0) is 20.8 Å². The van der Waals surface area contributed by atoms with Gasteiger partial charge in [-0.25, -0.2) is 4.79 Å². The number of nitrogens with zero attached hydrogens (tertiary/aromatic N) is 1. The van der Waals surface area contributed by atoms with Gasteiger partial charge in [-0.1, -0.05) is 42.5 Å². The lowest BCUT2D eigenvalue weighted by atomic mass is 10.2. The second-order valence-corrected chi connectivity index (χ2v) is 5.78. The monoisotopic (exact) mass is 317 g/mol. The van der Waals surface area contributed by atoms with E-state index in [1.54, 1.807) is 4.90 Å². The summed E-state index contributed by atoms with van der Waals surface area (Å²) in [7, 11) is 0. The molecule has 1 atom stereocenters. The quantitative estimate of drug-likeness (QED) is 0.783. The van der Waals surface area contributed by atoms with Gasteiger partial charge in [-0.2, -0.15) is 0 Å². The van der Waals surface area contributed by atoms with E-state index < -0.39 is 0 Å². The van der Waals surface area contributed by atoms with Gasteiger partial charge >= 0.3 is 6.09 Å². The van der Waals surface area contributed by atoms with Crippen LogP contribution >= 0.6 is 0 Å². The van der Waals surface area contributed by atoms with E-state index >= 15 is 0 Å². The first-order chi connectivity index (χ1) is 11.3.